The van der Waals surface area contributed by atoms with E-state index in [9.17, 15) is 35.9 Å². The Morgan fingerprint density at radius 3 is 2.09 bits per heavy atom. The Balaban J connectivity index is 2.39. The number of hydrogen-bond donors (Lipinski definition) is 0. The predicted molar refractivity (Wildman–Crippen MR) is 63.2 cm³/mol. The maximum absolute atomic E-state index is 13.2. The molecule has 0 bridgehead atoms. The van der Waals surface area contributed by atoms with Gasteiger partial charge in [0.25, 0.3) is 0 Å². The number of alkyl halides is 5. The van der Waals surface area contributed by atoms with Crippen molar-refractivity contribution in [2.45, 2.75) is 24.9 Å². The van der Waals surface area contributed by atoms with E-state index in [-0.39, 0.29) is 0 Å². The zero-order valence-electron chi connectivity index (χ0n) is 11.3. The van der Waals surface area contributed by atoms with Crippen LogP contribution >= 0.6 is 0 Å². The van der Waals surface area contributed by atoms with E-state index in [4.69, 9.17) is 0 Å². The molecule has 0 atom stereocenters. The van der Waals surface area contributed by atoms with Crippen molar-refractivity contribution in [2.75, 3.05) is 6.61 Å². The first-order chi connectivity index (χ1) is 10.5. The molecule has 0 aliphatic carbocycles. The van der Waals surface area contributed by atoms with Gasteiger partial charge in [0, 0.05) is 0 Å². The van der Waals surface area contributed by atoms with E-state index in [1.54, 1.807) is 0 Å². The monoisotopic (exact) mass is 344 g/mol. The molecular weight excluding hydrogens is 334 g/mol. The van der Waals surface area contributed by atoms with Gasteiger partial charge in [-0.1, -0.05) is 12.1 Å². The van der Waals surface area contributed by atoms with Crippen molar-refractivity contribution >= 4 is 11.9 Å². The molecule has 0 unspecified atom stereocenters. The zero-order valence-corrected chi connectivity index (χ0v) is 11.3. The first kappa shape index (κ1) is 18.8. The Kier molecular flexibility index (Phi) is 5.99. The summed E-state index contributed by atoms with van der Waals surface area (Å²) < 4.78 is 81.9. The van der Waals surface area contributed by atoms with Gasteiger partial charge >= 0.3 is 24.0 Å². The first-order valence-electron chi connectivity index (χ1n) is 6.08. The van der Waals surface area contributed by atoms with Crippen LogP contribution in [0.15, 0.2) is 24.3 Å². The molecule has 4 nitrogen and oxygen atoms in total. The average molecular weight is 344 g/mol. The van der Waals surface area contributed by atoms with Crippen LogP contribution in [0.25, 0.3) is 0 Å². The Morgan fingerprint density at radius 2 is 1.52 bits per heavy atom. The van der Waals surface area contributed by atoms with Gasteiger partial charge in [-0.15, -0.1) is 0 Å². The quantitative estimate of drug-likeness (QED) is 0.452. The van der Waals surface area contributed by atoms with Crippen molar-refractivity contribution in [3.63, 3.8) is 0 Å². The molecule has 0 aliphatic rings. The molecular formula is C13H10F6O4. The van der Waals surface area contributed by atoms with E-state index >= 15 is 0 Å². The zero-order chi connectivity index (χ0) is 17.7. The predicted octanol–water partition coefficient (Wildman–Crippen LogP) is 3.25. The summed E-state index contributed by atoms with van der Waals surface area (Å²) in [5.41, 5.74) is 0. The fourth-order valence-electron chi connectivity index (χ4n) is 1.23. The van der Waals surface area contributed by atoms with Gasteiger partial charge < -0.3 is 9.47 Å². The van der Waals surface area contributed by atoms with E-state index in [1.165, 1.54) is 12.1 Å². The van der Waals surface area contributed by atoms with Gasteiger partial charge in [-0.3, -0.25) is 9.59 Å². The molecule has 10 heteroatoms. The van der Waals surface area contributed by atoms with Gasteiger partial charge in [-0.05, 0) is 12.1 Å². The van der Waals surface area contributed by atoms with Crippen LogP contribution in [-0.2, 0) is 14.3 Å². The fraction of sp³-hybridized carbons (Fsp3) is 0.385. The highest BCUT2D eigenvalue weighted by atomic mass is 19.4. The minimum atomic E-state index is -5.85. The molecule has 0 spiro atoms. The third kappa shape index (κ3) is 5.80. The van der Waals surface area contributed by atoms with E-state index in [0.717, 1.165) is 12.1 Å². The largest absolute Gasteiger partial charge is 0.459 e. The van der Waals surface area contributed by atoms with Crippen LogP contribution in [0.5, 0.6) is 5.75 Å². The van der Waals surface area contributed by atoms with Gasteiger partial charge in [0.1, 0.15) is 0 Å². The number of carbonyl (C=O) groups is 2. The molecule has 0 fully saturated rings. The van der Waals surface area contributed by atoms with Crippen molar-refractivity contribution in [3.05, 3.63) is 30.1 Å². The van der Waals surface area contributed by atoms with Gasteiger partial charge in [-0.25, -0.2) is 4.39 Å². The Hall–Kier alpha value is -2.26. The highest BCUT2D eigenvalue weighted by molar-refractivity contribution is 5.79. The summed E-state index contributed by atoms with van der Waals surface area (Å²) in [5, 5.41) is 0. The summed E-state index contributed by atoms with van der Waals surface area (Å²) in [5.74, 6) is -8.95. The lowest BCUT2D eigenvalue weighted by molar-refractivity contribution is -0.294. The van der Waals surface area contributed by atoms with Crippen LogP contribution in [-0.4, -0.2) is 30.6 Å². The second-order valence-electron chi connectivity index (χ2n) is 4.27. The molecule has 128 valence electrons. The van der Waals surface area contributed by atoms with Gasteiger partial charge in [0.2, 0.25) is 0 Å². The van der Waals surface area contributed by atoms with E-state index in [2.05, 4.69) is 9.47 Å². The second kappa shape index (κ2) is 7.34. The minimum absolute atomic E-state index is 0.408. The van der Waals surface area contributed by atoms with Crippen molar-refractivity contribution in [2.24, 2.45) is 0 Å². The van der Waals surface area contributed by atoms with Crippen molar-refractivity contribution in [1.29, 1.82) is 0 Å². The van der Waals surface area contributed by atoms with Crippen molar-refractivity contribution in [3.8, 4) is 5.75 Å². The number of carbonyl (C=O) groups excluding carboxylic acids is 2. The molecule has 0 aliphatic heterocycles. The van der Waals surface area contributed by atoms with Crippen molar-refractivity contribution in [1.82, 2.24) is 0 Å². The van der Waals surface area contributed by atoms with Gasteiger partial charge in [0.05, 0.1) is 12.8 Å². The van der Waals surface area contributed by atoms with Crippen LogP contribution in [0.2, 0.25) is 0 Å². The Morgan fingerprint density at radius 1 is 0.957 bits per heavy atom. The summed E-state index contributed by atoms with van der Waals surface area (Å²) >= 11 is 0. The Bertz CT molecular complexity index is 570. The van der Waals surface area contributed by atoms with E-state index in [0.29, 0.717) is 0 Å². The molecule has 0 radical (unpaired) electrons. The third-order valence-corrected chi connectivity index (χ3v) is 2.42. The minimum Gasteiger partial charge on any atom is -0.459 e. The molecule has 0 saturated heterocycles. The number of halogens is 6. The smallest absolute Gasteiger partial charge is 0.456 e. The van der Waals surface area contributed by atoms with E-state index < -0.39 is 55.1 Å². The molecule has 1 aromatic rings. The average Bonchev–Trinajstić information content (AvgIpc) is 2.44. The number of benzene rings is 1. The number of para-hydroxylation sites is 1. The highest BCUT2D eigenvalue weighted by Crippen LogP contribution is 2.35. The molecule has 1 rings (SSSR count). The first-order valence-corrected chi connectivity index (χ1v) is 6.08. The molecule has 0 amide bonds. The normalized spacial score (nSPS) is 11.9. The molecule has 0 aromatic heterocycles. The maximum Gasteiger partial charge on any atom is 0.456 e. The molecule has 0 heterocycles. The fourth-order valence-corrected chi connectivity index (χ4v) is 1.23. The maximum atomic E-state index is 13.2. The number of esters is 2. The van der Waals surface area contributed by atoms with Crippen LogP contribution < -0.4 is 4.74 Å². The second-order valence-corrected chi connectivity index (χ2v) is 4.27. The lowest BCUT2D eigenvalue weighted by Crippen LogP contribution is -2.41. The van der Waals surface area contributed by atoms with Gasteiger partial charge in [0.15, 0.2) is 18.2 Å². The summed E-state index contributed by atoms with van der Waals surface area (Å²) in [7, 11) is 0. The van der Waals surface area contributed by atoms with Crippen LogP contribution in [0.1, 0.15) is 12.8 Å². The summed E-state index contributed by atoms with van der Waals surface area (Å²) in [4.78, 5) is 22.3. The summed E-state index contributed by atoms with van der Waals surface area (Å²) in [6.45, 7) is -2.18. The van der Waals surface area contributed by atoms with Gasteiger partial charge in [-0.2, -0.15) is 22.0 Å². The lowest BCUT2D eigenvalue weighted by atomic mass is 10.3. The van der Waals surface area contributed by atoms with Crippen molar-refractivity contribution < 1.29 is 45.4 Å². The SMILES string of the molecule is O=C(CCC(=O)Oc1ccccc1F)OCC(F)(F)C(F)(F)F. The highest BCUT2D eigenvalue weighted by Gasteiger charge is 2.58. The number of ether oxygens (including phenoxy) is 2. The van der Waals surface area contributed by atoms with Crippen LogP contribution in [0, 0.1) is 5.82 Å². The molecule has 1 aromatic carbocycles. The lowest BCUT2D eigenvalue weighted by Gasteiger charge is -2.18. The summed E-state index contributed by atoms with van der Waals surface area (Å²) in [6.07, 6.45) is -7.32. The number of rotatable bonds is 6. The van der Waals surface area contributed by atoms with Crippen LogP contribution in [0.4, 0.5) is 26.3 Å². The molecule has 0 saturated carbocycles. The van der Waals surface area contributed by atoms with E-state index in [1.807, 2.05) is 0 Å². The molecule has 23 heavy (non-hydrogen) atoms. The molecule has 0 N–H and O–H groups in total. The number of hydrogen-bond acceptors (Lipinski definition) is 4. The summed E-state index contributed by atoms with van der Waals surface area (Å²) in [6, 6.07) is 4.86. The third-order valence-electron chi connectivity index (χ3n) is 2.42. The Labute approximate surface area is 126 Å². The van der Waals surface area contributed by atoms with Crippen LogP contribution in [0.3, 0.4) is 0 Å². The topological polar surface area (TPSA) is 52.6 Å². The standard InChI is InChI=1S/C13H10F6O4/c14-8-3-1-2-4-9(8)23-11(21)6-5-10(20)22-7-12(15,16)13(17,18)19/h1-4H,5-7H2.